The van der Waals surface area contributed by atoms with Crippen molar-refractivity contribution in [3.8, 4) is 0 Å². The molecule has 2 heterocycles. The van der Waals surface area contributed by atoms with Gasteiger partial charge in [0, 0.05) is 18.8 Å². The lowest BCUT2D eigenvalue weighted by molar-refractivity contribution is -0.181. The topological polar surface area (TPSA) is 44.8 Å². The van der Waals surface area contributed by atoms with Crippen molar-refractivity contribution in [1.29, 1.82) is 0 Å². The molecule has 3 aliphatic rings. The Labute approximate surface area is 88.9 Å². The van der Waals surface area contributed by atoms with Crippen LogP contribution in [-0.2, 0) is 19.0 Å². The molecule has 4 nitrogen and oxygen atoms in total. The molecule has 0 amide bonds. The predicted octanol–water partition coefficient (Wildman–Crippen LogP) is 0.947. The summed E-state index contributed by atoms with van der Waals surface area (Å²) in [5.41, 5.74) is 0. The zero-order chi connectivity index (χ0) is 10.4. The molecule has 0 bridgehead atoms. The minimum Gasteiger partial charge on any atom is -0.462 e. The van der Waals surface area contributed by atoms with Crippen LogP contribution in [0.15, 0.2) is 0 Å². The molecule has 0 unspecified atom stereocenters. The van der Waals surface area contributed by atoms with E-state index in [1.54, 1.807) is 0 Å². The van der Waals surface area contributed by atoms with Crippen LogP contribution in [0.25, 0.3) is 0 Å². The van der Waals surface area contributed by atoms with E-state index < -0.39 is 0 Å². The minimum absolute atomic E-state index is 0.0330. The molecule has 5 atom stereocenters. The third-order valence-electron chi connectivity index (χ3n) is 3.89. The molecule has 4 heteroatoms. The van der Waals surface area contributed by atoms with Crippen LogP contribution in [0.3, 0.4) is 0 Å². The maximum Gasteiger partial charge on any atom is 0.302 e. The fourth-order valence-electron chi connectivity index (χ4n) is 3.37. The number of rotatable bonds is 1. The molecule has 3 rings (SSSR count). The molecule has 0 aromatic rings. The number of carbonyl (C=O) groups excluding carboxylic acids is 1. The highest BCUT2D eigenvalue weighted by Crippen LogP contribution is 2.49. The van der Waals surface area contributed by atoms with E-state index in [9.17, 15) is 4.79 Å². The molecule has 0 radical (unpaired) electrons. The van der Waals surface area contributed by atoms with Gasteiger partial charge in [0.25, 0.3) is 0 Å². The summed E-state index contributed by atoms with van der Waals surface area (Å²) in [4.78, 5) is 11.0. The molecule has 0 spiro atoms. The third-order valence-corrected chi connectivity index (χ3v) is 3.89. The van der Waals surface area contributed by atoms with Gasteiger partial charge in [0.05, 0.1) is 13.2 Å². The fourth-order valence-corrected chi connectivity index (χ4v) is 3.37. The summed E-state index contributed by atoms with van der Waals surface area (Å²) in [6.45, 7) is 2.99. The highest BCUT2D eigenvalue weighted by molar-refractivity contribution is 5.66. The fraction of sp³-hybridized carbons (Fsp3) is 0.909. The SMILES string of the molecule is CC(=O)O[C@@H]1C[C@@H]2CO[C@@H]3OCC[C@H]1[C@H]23. The van der Waals surface area contributed by atoms with Crippen LogP contribution in [0.1, 0.15) is 19.8 Å². The van der Waals surface area contributed by atoms with E-state index >= 15 is 0 Å². The highest BCUT2D eigenvalue weighted by Gasteiger charge is 2.54. The van der Waals surface area contributed by atoms with Crippen LogP contribution in [0.2, 0.25) is 0 Å². The van der Waals surface area contributed by atoms with Crippen LogP contribution in [0.4, 0.5) is 0 Å². The number of hydrogen-bond donors (Lipinski definition) is 0. The van der Waals surface area contributed by atoms with Crippen LogP contribution in [0, 0.1) is 17.8 Å². The second-order valence-electron chi connectivity index (χ2n) is 4.75. The van der Waals surface area contributed by atoms with Gasteiger partial charge in [-0.05, 0) is 18.8 Å². The van der Waals surface area contributed by atoms with Crippen LogP contribution in [-0.4, -0.2) is 31.6 Å². The van der Waals surface area contributed by atoms with Gasteiger partial charge in [-0.1, -0.05) is 0 Å². The highest BCUT2D eigenvalue weighted by atomic mass is 16.7. The van der Waals surface area contributed by atoms with Gasteiger partial charge in [-0.2, -0.15) is 0 Å². The van der Waals surface area contributed by atoms with E-state index in [4.69, 9.17) is 14.2 Å². The Kier molecular flexibility index (Phi) is 2.21. The average Bonchev–Trinajstić information content (AvgIpc) is 2.74. The Morgan fingerprint density at radius 3 is 3.07 bits per heavy atom. The first kappa shape index (κ1) is 9.60. The van der Waals surface area contributed by atoms with Gasteiger partial charge >= 0.3 is 5.97 Å². The Morgan fingerprint density at radius 2 is 2.27 bits per heavy atom. The molecule has 0 aromatic heterocycles. The smallest absolute Gasteiger partial charge is 0.302 e. The van der Waals surface area contributed by atoms with Crippen LogP contribution >= 0.6 is 0 Å². The first-order valence-corrected chi connectivity index (χ1v) is 5.66. The first-order chi connectivity index (χ1) is 7.25. The summed E-state index contributed by atoms with van der Waals surface area (Å²) in [7, 11) is 0. The van der Waals surface area contributed by atoms with Gasteiger partial charge in [-0.15, -0.1) is 0 Å². The number of hydrogen-bond acceptors (Lipinski definition) is 4. The molecule has 3 fully saturated rings. The quantitative estimate of drug-likeness (QED) is 0.607. The summed E-state index contributed by atoms with van der Waals surface area (Å²) < 4.78 is 16.5. The van der Waals surface area contributed by atoms with Gasteiger partial charge in [0.1, 0.15) is 6.10 Å². The van der Waals surface area contributed by atoms with Crippen molar-refractivity contribution in [2.45, 2.75) is 32.2 Å². The van der Waals surface area contributed by atoms with Gasteiger partial charge < -0.3 is 14.2 Å². The molecule has 15 heavy (non-hydrogen) atoms. The summed E-state index contributed by atoms with van der Waals surface area (Å²) in [5, 5.41) is 0. The summed E-state index contributed by atoms with van der Waals surface area (Å²) in [5.74, 6) is 1.29. The summed E-state index contributed by atoms with van der Waals surface area (Å²) in [6.07, 6.45) is 2.02. The van der Waals surface area contributed by atoms with Gasteiger partial charge in [0.15, 0.2) is 6.29 Å². The van der Waals surface area contributed by atoms with Gasteiger partial charge in [-0.25, -0.2) is 0 Å². The van der Waals surface area contributed by atoms with E-state index in [0.29, 0.717) is 17.8 Å². The second-order valence-corrected chi connectivity index (χ2v) is 4.75. The average molecular weight is 212 g/mol. The zero-order valence-electron chi connectivity index (χ0n) is 8.85. The van der Waals surface area contributed by atoms with E-state index in [-0.39, 0.29) is 18.4 Å². The second kappa shape index (κ2) is 3.46. The van der Waals surface area contributed by atoms with Crippen LogP contribution < -0.4 is 0 Å². The molecule has 1 saturated carbocycles. The lowest BCUT2D eigenvalue weighted by Crippen LogP contribution is -2.37. The Balaban J connectivity index is 1.77. The van der Waals surface area contributed by atoms with E-state index in [1.165, 1.54) is 6.92 Å². The monoisotopic (exact) mass is 212 g/mol. The number of ether oxygens (including phenoxy) is 3. The molecule has 0 N–H and O–H groups in total. The summed E-state index contributed by atoms with van der Waals surface area (Å²) in [6, 6.07) is 0. The number of carbonyl (C=O) groups is 1. The van der Waals surface area contributed by atoms with Crippen molar-refractivity contribution in [2.24, 2.45) is 17.8 Å². The lowest BCUT2D eigenvalue weighted by atomic mass is 9.87. The van der Waals surface area contributed by atoms with Crippen molar-refractivity contribution in [2.75, 3.05) is 13.2 Å². The summed E-state index contributed by atoms with van der Waals surface area (Å²) >= 11 is 0. The van der Waals surface area contributed by atoms with E-state index in [0.717, 1.165) is 26.1 Å². The molecule has 2 saturated heterocycles. The van der Waals surface area contributed by atoms with Crippen molar-refractivity contribution in [3.63, 3.8) is 0 Å². The van der Waals surface area contributed by atoms with Crippen molar-refractivity contribution >= 4 is 5.97 Å². The maximum atomic E-state index is 11.0. The normalized spacial score (nSPS) is 47.7. The standard InChI is InChI=1S/C11H16O4/c1-6(12)15-9-4-7-5-14-11-10(7)8(9)2-3-13-11/h7-11H,2-5H2,1H3/t7-,8-,9-,10+,11+/m1/s1. The van der Waals surface area contributed by atoms with Gasteiger partial charge in [-0.3, -0.25) is 4.79 Å². The minimum atomic E-state index is -0.163. The molecule has 2 aliphatic heterocycles. The van der Waals surface area contributed by atoms with Crippen molar-refractivity contribution in [3.05, 3.63) is 0 Å². The van der Waals surface area contributed by atoms with Crippen molar-refractivity contribution < 1.29 is 19.0 Å². The molecule has 1 aliphatic carbocycles. The number of esters is 1. The molecular weight excluding hydrogens is 196 g/mol. The Hall–Kier alpha value is -0.610. The Bertz CT molecular complexity index is 276. The van der Waals surface area contributed by atoms with Gasteiger partial charge in [0.2, 0.25) is 0 Å². The van der Waals surface area contributed by atoms with E-state index in [2.05, 4.69) is 0 Å². The zero-order valence-corrected chi connectivity index (χ0v) is 8.85. The van der Waals surface area contributed by atoms with Crippen molar-refractivity contribution in [1.82, 2.24) is 0 Å². The van der Waals surface area contributed by atoms with Crippen LogP contribution in [0.5, 0.6) is 0 Å². The third kappa shape index (κ3) is 1.47. The largest absolute Gasteiger partial charge is 0.462 e. The molecular formula is C11H16O4. The Morgan fingerprint density at radius 1 is 1.40 bits per heavy atom. The molecule has 84 valence electrons. The molecule has 0 aromatic carbocycles. The first-order valence-electron chi connectivity index (χ1n) is 5.66. The maximum absolute atomic E-state index is 11.0. The lowest BCUT2D eigenvalue weighted by Gasteiger charge is -2.32. The predicted molar refractivity (Wildman–Crippen MR) is 51.0 cm³/mol. The van der Waals surface area contributed by atoms with E-state index in [1.807, 2.05) is 0 Å².